The third kappa shape index (κ3) is 6.59. The van der Waals surface area contributed by atoms with Gasteiger partial charge in [-0.05, 0) is 51.3 Å². The zero-order valence-corrected chi connectivity index (χ0v) is 26.6. The highest BCUT2D eigenvalue weighted by molar-refractivity contribution is 5.94. The van der Waals surface area contributed by atoms with Gasteiger partial charge in [0.1, 0.15) is 17.2 Å². The fraction of sp³-hybridized carbons (Fsp3) is 0.256. The number of anilines is 1. The molecule has 0 aliphatic rings. The molecule has 5 rings (SSSR count). The van der Waals surface area contributed by atoms with Crippen molar-refractivity contribution in [3.05, 3.63) is 125 Å². The number of aryl methyl sites for hydroxylation is 2. The summed E-state index contributed by atoms with van der Waals surface area (Å²) in [7, 11) is 2.09. The van der Waals surface area contributed by atoms with Gasteiger partial charge in [-0.2, -0.15) is 0 Å². The number of hydrogen-bond acceptors (Lipinski definition) is 3. The molecule has 4 heteroatoms. The van der Waals surface area contributed by atoms with Gasteiger partial charge in [-0.1, -0.05) is 121 Å². The second kappa shape index (κ2) is 13.6. The quantitative estimate of drug-likeness (QED) is 0.179. The van der Waals surface area contributed by atoms with Gasteiger partial charge in [0.05, 0.1) is 11.3 Å². The minimum atomic E-state index is 0.437. The Morgan fingerprint density at radius 1 is 0.884 bits per heavy atom. The largest absolute Gasteiger partial charge is 0.460 e. The molecule has 0 saturated carbocycles. The molecule has 0 saturated heterocycles. The van der Waals surface area contributed by atoms with Gasteiger partial charge in [0.15, 0.2) is 0 Å². The molecule has 2 heterocycles. The summed E-state index contributed by atoms with van der Waals surface area (Å²) in [4.78, 5) is 5.11. The average molecular weight is 572 g/mol. The van der Waals surface area contributed by atoms with E-state index in [1.807, 2.05) is 36.4 Å². The molecule has 0 spiro atoms. The van der Waals surface area contributed by atoms with Crippen molar-refractivity contribution in [1.29, 1.82) is 0 Å². The first-order valence-electron chi connectivity index (χ1n) is 15.1. The van der Waals surface area contributed by atoms with E-state index in [0.29, 0.717) is 11.8 Å². The Balaban J connectivity index is 0.000000324. The number of nitrogens with zero attached hydrogens (tertiary/aromatic N) is 2. The molecule has 2 aromatic heterocycles. The van der Waals surface area contributed by atoms with Gasteiger partial charge in [0.2, 0.25) is 0 Å². The molecule has 0 radical (unpaired) electrons. The molecule has 3 aromatic carbocycles. The van der Waals surface area contributed by atoms with Crippen LogP contribution in [0.25, 0.3) is 40.5 Å². The maximum absolute atomic E-state index is 6.13. The van der Waals surface area contributed by atoms with Gasteiger partial charge in [-0.15, -0.1) is 0 Å². The van der Waals surface area contributed by atoms with E-state index in [4.69, 9.17) is 15.1 Å². The average Bonchev–Trinajstić information content (AvgIpc) is 3.56. The molecule has 0 fully saturated rings. The molecule has 222 valence electrons. The number of rotatable bonds is 9. The normalized spacial score (nSPS) is 11.1. The Kier molecular flexibility index (Phi) is 9.92. The number of benzene rings is 3. The molecule has 0 atom stereocenters. The predicted octanol–water partition coefficient (Wildman–Crippen LogP) is 10.4. The molecular formula is C39H45N3O. The van der Waals surface area contributed by atoms with Crippen LogP contribution in [0, 0.1) is 0 Å². The molecule has 0 bridgehead atoms. The van der Waals surface area contributed by atoms with Crippen LogP contribution in [-0.4, -0.2) is 9.55 Å². The Morgan fingerprint density at radius 3 is 2.12 bits per heavy atom. The molecule has 0 amide bonds. The minimum Gasteiger partial charge on any atom is -0.460 e. The smallest absolute Gasteiger partial charge is 0.134 e. The summed E-state index contributed by atoms with van der Waals surface area (Å²) < 4.78 is 8.29. The number of aromatic nitrogens is 2. The van der Waals surface area contributed by atoms with Crippen LogP contribution >= 0.6 is 0 Å². The van der Waals surface area contributed by atoms with Crippen molar-refractivity contribution in [1.82, 2.24) is 9.55 Å². The summed E-state index contributed by atoms with van der Waals surface area (Å²) in [5.74, 6) is 2.97. The zero-order chi connectivity index (χ0) is 31.3. The number of nitrogens with two attached hydrogens (primary N) is 1. The summed E-state index contributed by atoms with van der Waals surface area (Å²) in [5, 5.41) is 1.13. The number of fused-ring (bicyclic) bond motifs is 1. The molecule has 43 heavy (non-hydrogen) atoms. The van der Waals surface area contributed by atoms with Gasteiger partial charge in [-0.25, -0.2) is 4.98 Å². The highest BCUT2D eigenvalue weighted by Gasteiger charge is 2.20. The SMILES string of the molecule is C=Cc1cc(C(C)C)cc(C(C)C)c1Cc1nc(-c2c(CC)oc3ccccc23)cn1C.C=Cc1cccc(C=C)c1N. The lowest BCUT2D eigenvalue weighted by Gasteiger charge is -2.19. The standard InChI is InChI=1S/C29H34N2O.C10H11N/c1-8-20-14-21(18(3)4)15-23(19(5)6)24(20)16-28-30-25(17-31(28)7)29-22-12-10-11-13-27(22)32-26(29)9-2;1-3-8-6-5-7-9(4-2)10(8)11/h8,10-15,17-19H,1,9,16H2,2-7H3;3-7H,1-2,11H2. The molecule has 0 aliphatic carbocycles. The first-order valence-corrected chi connectivity index (χ1v) is 15.1. The molecule has 2 N–H and O–H groups in total. The first-order chi connectivity index (χ1) is 20.6. The third-order valence-electron chi connectivity index (χ3n) is 8.02. The van der Waals surface area contributed by atoms with Crippen LogP contribution in [-0.2, 0) is 19.9 Å². The number of nitrogen functional groups attached to an aromatic ring is 1. The Labute approximate surface area is 257 Å². The maximum atomic E-state index is 6.13. The van der Waals surface area contributed by atoms with Crippen molar-refractivity contribution in [3.63, 3.8) is 0 Å². The number of imidazole rings is 1. The van der Waals surface area contributed by atoms with E-state index >= 15 is 0 Å². The lowest BCUT2D eigenvalue weighted by atomic mass is 9.86. The Hall–Kier alpha value is -4.57. The van der Waals surface area contributed by atoms with Crippen molar-refractivity contribution in [2.24, 2.45) is 7.05 Å². The van der Waals surface area contributed by atoms with Crippen molar-refractivity contribution in [2.45, 2.75) is 59.3 Å². The second-order valence-corrected chi connectivity index (χ2v) is 11.5. The van der Waals surface area contributed by atoms with Gasteiger partial charge < -0.3 is 14.7 Å². The highest BCUT2D eigenvalue weighted by atomic mass is 16.3. The maximum Gasteiger partial charge on any atom is 0.134 e. The fourth-order valence-corrected chi connectivity index (χ4v) is 5.51. The Bertz CT molecular complexity index is 1740. The molecule has 5 aromatic rings. The van der Waals surface area contributed by atoms with E-state index in [2.05, 4.69) is 96.4 Å². The van der Waals surface area contributed by atoms with Crippen LogP contribution in [0.15, 0.2) is 84.9 Å². The van der Waals surface area contributed by atoms with Crippen LogP contribution in [0.3, 0.4) is 0 Å². The van der Waals surface area contributed by atoms with Gasteiger partial charge >= 0.3 is 0 Å². The van der Waals surface area contributed by atoms with Gasteiger partial charge in [0, 0.05) is 37.2 Å². The van der Waals surface area contributed by atoms with E-state index < -0.39 is 0 Å². The van der Waals surface area contributed by atoms with Gasteiger partial charge in [0.25, 0.3) is 0 Å². The molecular weight excluding hydrogens is 526 g/mol. The topological polar surface area (TPSA) is 57.0 Å². The van der Waals surface area contributed by atoms with Gasteiger partial charge in [-0.3, -0.25) is 0 Å². The van der Waals surface area contributed by atoms with Crippen molar-refractivity contribution in [2.75, 3.05) is 5.73 Å². The lowest BCUT2D eigenvalue weighted by molar-refractivity contribution is 0.558. The van der Waals surface area contributed by atoms with Crippen LogP contribution in [0.5, 0.6) is 0 Å². The van der Waals surface area contributed by atoms with Crippen LogP contribution in [0.1, 0.15) is 91.4 Å². The number of hydrogen-bond donors (Lipinski definition) is 1. The number of furan rings is 1. The number of para-hydroxylation sites is 2. The highest BCUT2D eigenvalue weighted by Crippen LogP contribution is 2.36. The third-order valence-corrected chi connectivity index (χ3v) is 8.02. The minimum absolute atomic E-state index is 0.437. The summed E-state index contributed by atoms with van der Waals surface area (Å²) in [5.41, 5.74) is 16.7. The fourth-order valence-electron chi connectivity index (χ4n) is 5.51. The Morgan fingerprint density at radius 2 is 1.53 bits per heavy atom. The van der Waals surface area contributed by atoms with E-state index in [9.17, 15) is 0 Å². The van der Waals surface area contributed by atoms with Crippen molar-refractivity contribution < 1.29 is 4.42 Å². The summed E-state index contributed by atoms with van der Waals surface area (Å²) in [6, 6.07) is 18.7. The predicted molar refractivity (Wildman–Crippen MR) is 186 cm³/mol. The molecule has 0 aliphatic heterocycles. The summed E-state index contributed by atoms with van der Waals surface area (Å²) >= 11 is 0. The first kappa shape index (κ1) is 31.4. The zero-order valence-electron chi connectivity index (χ0n) is 26.6. The monoisotopic (exact) mass is 571 g/mol. The summed E-state index contributed by atoms with van der Waals surface area (Å²) in [6.45, 7) is 22.6. The van der Waals surface area contributed by atoms with E-state index in [0.717, 1.165) is 63.5 Å². The van der Waals surface area contributed by atoms with Crippen LogP contribution in [0.2, 0.25) is 0 Å². The van der Waals surface area contributed by atoms with Crippen LogP contribution in [0.4, 0.5) is 5.69 Å². The second-order valence-electron chi connectivity index (χ2n) is 11.5. The molecule has 4 nitrogen and oxygen atoms in total. The van der Waals surface area contributed by atoms with E-state index in [-0.39, 0.29) is 0 Å². The van der Waals surface area contributed by atoms with E-state index in [1.54, 1.807) is 12.2 Å². The van der Waals surface area contributed by atoms with Crippen molar-refractivity contribution in [3.8, 4) is 11.3 Å². The van der Waals surface area contributed by atoms with E-state index in [1.165, 1.54) is 22.3 Å². The van der Waals surface area contributed by atoms with Crippen molar-refractivity contribution >= 4 is 34.9 Å². The molecule has 0 unspecified atom stereocenters. The lowest BCUT2D eigenvalue weighted by Crippen LogP contribution is -2.06. The van der Waals surface area contributed by atoms with Crippen LogP contribution < -0.4 is 5.73 Å². The summed E-state index contributed by atoms with van der Waals surface area (Å²) in [6.07, 6.45) is 9.23.